The average molecular weight is 576 g/mol. The van der Waals surface area contributed by atoms with Gasteiger partial charge in [0.25, 0.3) is 0 Å². The number of carbonyl (C=O) groups is 3. The molecule has 0 bridgehead atoms. The molecule has 4 N–H and O–H groups in total. The quantitative estimate of drug-likeness (QED) is 0.314. The first kappa shape index (κ1) is 34.0. The number of hydrogen-bond donors (Lipinski definition) is 4. The van der Waals surface area contributed by atoms with Crippen molar-refractivity contribution in [2.24, 2.45) is 23.7 Å². The summed E-state index contributed by atoms with van der Waals surface area (Å²) in [5.74, 6) is 0.0160. The van der Waals surface area contributed by atoms with Crippen molar-refractivity contribution in [1.29, 1.82) is 0 Å². The van der Waals surface area contributed by atoms with Crippen molar-refractivity contribution in [3.05, 3.63) is 0 Å². The second-order valence-electron chi connectivity index (χ2n) is 17.1. The zero-order chi connectivity index (χ0) is 31.4. The molecule has 236 valence electrons. The number of carbonyl (C=O) groups excluding carboxylic acids is 3. The number of rotatable bonds is 10. The lowest BCUT2D eigenvalue weighted by molar-refractivity contribution is -0.127. The van der Waals surface area contributed by atoms with Crippen LogP contribution in [0.1, 0.15) is 115 Å². The van der Waals surface area contributed by atoms with Crippen LogP contribution in [0.2, 0.25) is 0 Å². The van der Waals surface area contributed by atoms with Crippen LogP contribution in [0.25, 0.3) is 0 Å². The molecule has 0 spiro atoms. The SMILES string of the molecule is CN1C(C)(C)CC(C(=O)NCC(CCC(=O)C2CC(C)(C)NC2(C)C)CNC(=O)C2CC(C)(C)NC2(C)C)C1(C)C. The summed E-state index contributed by atoms with van der Waals surface area (Å²) in [7, 11) is 2.10. The maximum atomic E-state index is 13.5. The van der Waals surface area contributed by atoms with Gasteiger partial charge in [0.15, 0.2) is 0 Å². The van der Waals surface area contributed by atoms with E-state index in [4.69, 9.17) is 0 Å². The van der Waals surface area contributed by atoms with Crippen molar-refractivity contribution in [2.75, 3.05) is 20.1 Å². The van der Waals surface area contributed by atoms with E-state index < -0.39 is 0 Å². The Morgan fingerprint density at radius 3 is 1.54 bits per heavy atom. The third kappa shape index (κ3) is 7.53. The van der Waals surface area contributed by atoms with E-state index in [1.807, 2.05) is 0 Å². The second kappa shape index (κ2) is 11.2. The highest BCUT2D eigenvalue weighted by Crippen LogP contribution is 2.44. The molecular formula is C33H61N5O3. The maximum absolute atomic E-state index is 13.5. The minimum Gasteiger partial charge on any atom is -0.355 e. The smallest absolute Gasteiger partial charge is 0.225 e. The third-order valence-electron chi connectivity index (χ3n) is 10.8. The van der Waals surface area contributed by atoms with Gasteiger partial charge in [0.05, 0.1) is 11.8 Å². The van der Waals surface area contributed by atoms with E-state index in [1.165, 1.54) is 0 Å². The van der Waals surface area contributed by atoms with Crippen LogP contribution >= 0.6 is 0 Å². The number of nitrogens with one attached hydrogen (secondary N) is 4. The van der Waals surface area contributed by atoms with Crippen molar-refractivity contribution in [3.63, 3.8) is 0 Å². The van der Waals surface area contributed by atoms with Crippen LogP contribution in [0.4, 0.5) is 0 Å². The molecule has 0 aromatic carbocycles. The minimum absolute atomic E-state index is 0.0296. The molecule has 8 heteroatoms. The Kier molecular flexibility index (Phi) is 9.29. The Morgan fingerprint density at radius 1 is 0.707 bits per heavy atom. The van der Waals surface area contributed by atoms with Crippen LogP contribution in [0.3, 0.4) is 0 Å². The monoisotopic (exact) mass is 575 g/mol. The molecule has 3 saturated heterocycles. The molecule has 0 radical (unpaired) electrons. The molecule has 4 atom stereocenters. The van der Waals surface area contributed by atoms with E-state index in [2.05, 4.69) is 116 Å². The van der Waals surface area contributed by atoms with Crippen LogP contribution < -0.4 is 21.3 Å². The molecule has 3 aliphatic heterocycles. The summed E-state index contributed by atoms with van der Waals surface area (Å²) in [6, 6.07) is 0. The zero-order valence-electron chi connectivity index (χ0n) is 28.4. The van der Waals surface area contributed by atoms with E-state index in [-0.39, 0.29) is 74.5 Å². The molecule has 4 unspecified atom stereocenters. The van der Waals surface area contributed by atoms with Gasteiger partial charge in [-0.25, -0.2) is 0 Å². The fourth-order valence-corrected chi connectivity index (χ4v) is 8.33. The molecule has 3 rings (SSSR count). The van der Waals surface area contributed by atoms with Gasteiger partial charge in [-0.3, -0.25) is 19.3 Å². The molecular weight excluding hydrogens is 514 g/mol. The molecule has 3 fully saturated rings. The molecule has 0 saturated carbocycles. The lowest BCUT2D eigenvalue weighted by atomic mass is 9.81. The topological polar surface area (TPSA) is 103 Å². The van der Waals surface area contributed by atoms with Gasteiger partial charge in [-0.2, -0.15) is 0 Å². The Bertz CT molecular complexity index is 960. The largest absolute Gasteiger partial charge is 0.355 e. The van der Waals surface area contributed by atoms with Gasteiger partial charge in [0.2, 0.25) is 11.8 Å². The summed E-state index contributed by atoms with van der Waals surface area (Å²) in [5, 5.41) is 13.6. The summed E-state index contributed by atoms with van der Waals surface area (Å²) in [4.78, 5) is 42.6. The molecule has 3 aliphatic rings. The molecule has 2 amide bonds. The van der Waals surface area contributed by atoms with E-state index >= 15 is 0 Å². The van der Waals surface area contributed by atoms with Crippen LogP contribution in [0.15, 0.2) is 0 Å². The van der Waals surface area contributed by atoms with E-state index in [0.29, 0.717) is 25.9 Å². The van der Waals surface area contributed by atoms with Crippen LogP contribution in [-0.2, 0) is 14.4 Å². The summed E-state index contributed by atoms with van der Waals surface area (Å²) >= 11 is 0. The Balaban J connectivity index is 1.68. The molecule has 8 nitrogen and oxygen atoms in total. The van der Waals surface area contributed by atoms with Gasteiger partial charge < -0.3 is 21.3 Å². The highest BCUT2D eigenvalue weighted by Gasteiger charge is 2.52. The van der Waals surface area contributed by atoms with Gasteiger partial charge >= 0.3 is 0 Å². The third-order valence-corrected chi connectivity index (χ3v) is 10.8. The Labute approximate surface area is 250 Å². The van der Waals surface area contributed by atoms with Crippen LogP contribution in [-0.4, -0.2) is 75.9 Å². The Hall–Kier alpha value is -1.51. The maximum Gasteiger partial charge on any atom is 0.225 e. The molecule has 0 aromatic rings. The summed E-state index contributed by atoms with van der Waals surface area (Å²) < 4.78 is 0. The normalized spacial score (nSPS) is 31.5. The number of nitrogens with zero attached hydrogens (tertiary/aromatic N) is 1. The molecule has 3 heterocycles. The predicted octanol–water partition coefficient (Wildman–Crippen LogP) is 4.03. The van der Waals surface area contributed by atoms with Crippen molar-refractivity contribution in [1.82, 2.24) is 26.2 Å². The lowest BCUT2D eigenvalue weighted by Crippen LogP contribution is -2.50. The zero-order valence-corrected chi connectivity index (χ0v) is 28.4. The first-order valence-corrected chi connectivity index (χ1v) is 15.8. The molecule has 41 heavy (non-hydrogen) atoms. The fourth-order valence-electron chi connectivity index (χ4n) is 8.33. The van der Waals surface area contributed by atoms with E-state index in [1.54, 1.807) is 0 Å². The van der Waals surface area contributed by atoms with Crippen molar-refractivity contribution < 1.29 is 14.4 Å². The van der Waals surface area contributed by atoms with Gasteiger partial charge in [-0.15, -0.1) is 0 Å². The molecule has 0 aromatic heterocycles. The van der Waals surface area contributed by atoms with E-state index in [0.717, 1.165) is 19.3 Å². The van der Waals surface area contributed by atoms with E-state index in [9.17, 15) is 14.4 Å². The van der Waals surface area contributed by atoms with Gasteiger partial charge in [0, 0.05) is 58.7 Å². The molecule has 0 aliphatic carbocycles. The van der Waals surface area contributed by atoms with Crippen LogP contribution in [0.5, 0.6) is 0 Å². The van der Waals surface area contributed by atoms with Gasteiger partial charge in [-0.05, 0) is 122 Å². The predicted molar refractivity (Wildman–Crippen MR) is 167 cm³/mol. The van der Waals surface area contributed by atoms with Gasteiger partial charge in [-0.1, -0.05) is 0 Å². The lowest BCUT2D eigenvalue weighted by Gasteiger charge is -2.38. The average Bonchev–Trinajstić information content (AvgIpc) is 3.25. The van der Waals surface area contributed by atoms with Crippen molar-refractivity contribution in [2.45, 2.75) is 148 Å². The number of amides is 2. The first-order valence-electron chi connectivity index (χ1n) is 15.8. The van der Waals surface area contributed by atoms with Crippen molar-refractivity contribution >= 4 is 17.6 Å². The fraction of sp³-hybridized carbons (Fsp3) is 0.909. The Morgan fingerprint density at radius 2 is 1.15 bits per heavy atom. The summed E-state index contributed by atoms with van der Waals surface area (Å²) in [5.41, 5.74) is -1.04. The number of likely N-dealkylation sites (tertiary alicyclic amines) is 1. The summed E-state index contributed by atoms with van der Waals surface area (Å²) in [6.45, 7) is 26.5. The summed E-state index contributed by atoms with van der Waals surface area (Å²) in [6.07, 6.45) is 3.45. The highest BCUT2D eigenvalue weighted by molar-refractivity contribution is 5.83. The second-order valence-corrected chi connectivity index (χ2v) is 17.1. The number of hydrogen-bond acceptors (Lipinski definition) is 6. The highest BCUT2D eigenvalue weighted by atomic mass is 16.2. The van der Waals surface area contributed by atoms with Gasteiger partial charge in [0.1, 0.15) is 5.78 Å². The van der Waals surface area contributed by atoms with Crippen LogP contribution in [0, 0.1) is 23.7 Å². The number of ketones is 1. The first-order chi connectivity index (χ1) is 18.4. The standard InChI is InChI=1S/C33H61N5O3/c1-28(2)16-22(31(7,8)36-28)25(39)15-14-21(19-34-26(40)23-17-29(3,4)37-32(23,9)10)20-35-27(41)24-18-30(5,6)38(13)33(24,11)12/h21-24,36-37H,14-20H2,1-13H3,(H,34,40)(H,35,41). The minimum atomic E-state index is -0.298. The number of Topliss-reactive ketones (excluding diaryl/α,β-unsaturated/α-hetero) is 1. The van der Waals surface area contributed by atoms with Crippen molar-refractivity contribution in [3.8, 4) is 0 Å².